The Morgan fingerprint density at radius 1 is 1.27 bits per heavy atom. The zero-order valence-corrected chi connectivity index (χ0v) is 20.9. The molecular formula is C26H42N2O5. The number of carboxylic acids is 1. The number of carbonyl (C=O) groups is 3. The minimum Gasteiger partial charge on any atom is -0.480 e. The number of esters is 1. The predicted molar refractivity (Wildman–Crippen MR) is 131 cm³/mol. The van der Waals surface area contributed by atoms with Crippen molar-refractivity contribution in [1.29, 1.82) is 0 Å². The summed E-state index contributed by atoms with van der Waals surface area (Å²) < 4.78 is 5.18. The third-order valence-corrected chi connectivity index (χ3v) is 6.41. The van der Waals surface area contributed by atoms with Gasteiger partial charge >= 0.3 is 11.9 Å². The van der Waals surface area contributed by atoms with Crippen molar-refractivity contribution in [3.8, 4) is 0 Å². The van der Waals surface area contributed by atoms with Crippen LogP contribution in [0.25, 0.3) is 0 Å². The SMILES string of the molecule is C=C/C=C\C=C\CCC(NC(C)C(=O)N1C(C(=O)O)CC2(C)CCCC12)C(=O)OCC.CC. The second kappa shape index (κ2) is 14.0. The first-order valence-electron chi connectivity index (χ1n) is 12.2. The summed E-state index contributed by atoms with van der Waals surface area (Å²) >= 11 is 0. The van der Waals surface area contributed by atoms with E-state index in [1.54, 1.807) is 24.8 Å². The molecule has 5 unspecified atom stereocenters. The molecular weight excluding hydrogens is 420 g/mol. The lowest BCUT2D eigenvalue weighted by atomic mass is 9.83. The van der Waals surface area contributed by atoms with Crippen molar-refractivity contribution in [2.75, 3.05) is 6.61 Å². The van der Waals surface area contributed by atoms with E-state index in [1.165, 1.54) is 0 Å². The van der Waals surface area contributed by atoms with Crippen molar-refractivity contribution in [2.45, 2.75) is 97.3 Å². The quantitative estimate of drug-likeness (QED) is 0.352. The first kappa shape index (κ1) is 28.6. The molecule has 33 heavy (non-hydrogen) atoms. The number of hydrogen-bond donors (Lipinski definition) is 2. The molecule has 0 spiro atoms. The third-order valence-electron chi connectivity index (χ3n) is 6.41. The van der Waals surface area contributed by atoms with Crippen molar-refractivity contribution >= 4 is 17.8 Å². The fourth-order valence-corrected chi connectivity index (χ4v) is 4.89. The fraction of sp³-hybridized carbons (Fsp3) is 0.654. The fourth-order valence-electron chi connectivity index (χ4n) is 4.89. The highest BCUT2D eigenvalue weighted by molar-refractivity contribution is 5.88. The van der Waals surface area contributed by atoms with E-state index in [9.17, 15) is 19.5 Å². The summed E-state index contributed by atoms with van der Waals surface area (Å²) in [4.78, 5) is 39.2. The molecule has 1 saturated carbocycles. The van der Waals surface area contributed by atoms with E-state index < -0.39 is 30.1 Å². The predicted octanol–water partition coefficient (Wildman–Crippen LogP) is 4.25. The van der Waals surface area contributed by atoms with Crippen LogP contribution in [0, 0.1) is 5.41 Å². The molecule has 186 valence electrons. The van der Waals surface area contributed by atoms with Crippen molar-refractivity contribution in [3.63, 3.8) is 0 Å². The molecule has 7 heteroatoms. The molecule has 5 atom stereocenters. The number of fused-ring (bicyclic) bond motifs is 1. The Hall–Kier alpha value is -2.41. The normalized spacial score (nSPS) is 25.9. The number of carboxylic acid groups (broad SMARTS) is 1. The van der Waals surface area contributed by atoms with E-state index in [4.69, 9.17) is 4.74 Å². The second-order valence-electron chi connectivity index (χ2n) is 8.68. The van der Waals surface area contributed by atoms with Gasteiger partial charge in [0.25, 0.3) is 0 Å². The lowest BCUT2D eigenvalue weighted by Crippen LogP contribution is -2.55. The first-order valence-corrected chi connectivity index (χ1v) is 12.2. The molecule has 2 rings (SSSR count). The topological polar surface area (TPSA) is 95.9 Å². The van der Waals surface area contributed by atoms with Gasteiger partial charge < -0.3 is 14.7 Å². The van der Waals surface area contributed by atoms with Crippen molar-refractivity contribution in [3.05, 3.63) is 37.0 Å². The summed E-state index contributed by atoms with van der Waals surface area (Å²) in [6.45, 7) is 13.4. The molecule has 2 fully saturated rings. The van der Waals surface area contributed by atoms with Crippen LogP contribution in [0.3, 0.4) is 0 Å². The Kier molecular flexibility index (Phi) is 12.1. The van der Waals surface area contributed by atoms with E-state index in [2.05, 4.69) is 18.8 Å². The minimum absolute atomic E-state index is 0.0639. The Balaban J connectivity index is 0.00000265. The standard InChI is InChI=1S/C24H36N2O5.C2H6/c1-5-7-8-9-10-11-13-18(23(30)31-6-2)25-17(3)21(27)26-19(22(28)29)16-24(4)15-12-14-20(24)26;1-2/h5,7-10,17-20,25H,1,6,11-16H2,2-4H3,(H,28,29);1-2H3/b8-7-,10-9+;. The van der Waals surface area contributed by atoms with Gasteiger partial charge in [0.05, 0.1) is 12.6 Å². The summed E-state index contributed by atoms with van der Waals surface area (Å²) in [5, 5.41) is 12.8. The summed E-state index contributed by atoms with van der Waals surface area (Å²) in [5.74, 6) is -1.63. The zero-order valence-electron chi connectivity index (χ0n) is 20.9. The van der Waals surface area contributed by atoms with Gasteiger partial charge in [0, 0.05) is 6.04 Å². The molecule has 1 amide bonds. The average Bonchev–Trinajstić information content (AvgIpc) is 3.30. The monoisotopic (exact) mass is 462 g/mol. The van der Waals surface area contributed by atoms with Crippen LogP contribution in [-0.4, -0.2) is 58.6 Å². The van der Waals surface area contributed by atoms with Gasteiger partial charge in [0.2, 0.25) is 5.91 Å². The molecule has 0 bridgehead atoms. The maximum absolute atomic E-state index is 13.3. The highest BCUT2D eigenvalue weighted by Crippen LogP contribution is 2.51. The lowest BCUT2D eigenvalue weighted by molar-refractivity contribution is -0.151. The summed E-state index contributed by atoms with van der Waals surface area (Å²) in [6, 6.07) is -2.21. The number of amides is 1. The zero-order chi connectivity index (χ0) is 25.0. The molecule has 0 radical (unpaired) electrons. The van der Waals surface area contributed by atoms with E-state index in [1.807, 2.05) is 38.2 Å². The van der Waals surface area contributed by atoms with Gasteiger partial charge in [-0.05, 0) is 51.4 Å². The molecule has 1 aliphatic carbocycles. The molecule has 2 aliphatic rings. The van der Waals surface area contributed by atoms with Crippen LogP contribution in [0.2, 0.25) is 0 Å². The number of aliphatic carboxylic acids is 1. The number of nitrogens with one attached hydrogen (secondary N) is 1. The maximum atomic E-state index is 13.3. The maximum Gasteiger partial charge on any atom is 0.326 e. The number of carbonyl (C=O) groups excluding carboxylic acids is 2. The van der Waals surface area contributed by atoms with Gasteiger partial charge in [-0.1, -0.05) is 64.2 Å². The summed E-state index contributed by atoms with van der Waals surface area (Å²) in [7, 11) is 0. The second-order valence-corrected chi connectivity index (χ2v) is 8.68. The van der Waals surface area contributed by atoms with Crippen LogP contribution in [-0.2, 0) is 19.1 Å². The molecule has 1 aliphatic heterocycles. The largest absolute Gasteiger partial charge is 0.480 e. The first-order chi connectivity index (χ1) is 15.7. The van der Waals surface area contributed by atoms with Crippen LogP contribution in [0.15, 0.2) is 37.0 Å². The number of hydrogen-bond acceptors (Lipinski definition) is 5. The molecule has 2 N–H and O–H groups in total. The van der Waals surface area contributed by atoms with Gasteiger partial charge in [-0.3, -0.25) is 14.9 Å². The van der Waals surface area contributed by atoms with Crippen LogP contribution in [0.1, 0.15) is 73.1 Å². The van der Waals surface area contributed by atoms with Crippen molar-refractivity contribution in [2.24, 2.45) is 5.41 Å². The van der Waals surface area contributed by atoms with Gasteiger partial charge in [0.15, 0.2) is 0 Å². The number of likely N-dealkylation sites (tertiary alicyclic amines) is 1. The highest BCUT2D eigenvalue weighted by atomic mass is 16.5. The molecule has 0 aromatic rings. The molecule has 0 aromatic heterocycles. The summed E-state index contributed by atoms with van der Waals surface area (Å²) in [5.41, 5.74) is -0.150. The van der Waals surface area contributed by atoms with E-state index >= 15 is 0 Å². The number of nitrogens with zero attached hydrogens (tertiary/aromatic N) is 1. The Bertz CT molecular complexity index is 732. The van der Waals surface area contributed by atoms with Gasteiger partial charge in [-0.25, -0.2) is 4.79 Å². The van der Waals surface area contributed by atoms with E-state index in [0.717, 1.165) is 19.3 Å². The van der Waals surface area contributed by atoms with Gasteiger partial charge in [-0.2, -0.15) is 0 Å². The third kappa shape index (κ3) is 7.56. The van der Waals surface area contributed by atoms with Gasteiger partial charge in [0.1, 0.15) is 12.1 Å². The number of ether oxygens (including phenoxy) is 1. The van der Waals surface area contributed by atoms with Crippen molar-refractivity contribution < 1.29 is 24.2 Å². The molecule has 1 saturated heterocycles. The van der Waals surface area contributed by atoms with Crippen LogP contribution < -0.4 is 5.32 Å². The van der Waals surface area contributed by atoms with Crippen LogP contribution >= 0.6 is 0 Å². The Labute approximate surface area is 198 Å². The Morgan fingerprint density at radius 3 is 2.58 bits per heavy atom. The Morgan fingerprint density at radius 2 is 1.97 bits per heavy atom. The van der Waals surface area contributed by atoms with E-state index in [-0.39, 0.29) is 24.0 Å². The molecule has 7 nitrogen and oxygen atoms in total. The highest BCUT2D eigenvalue weighted by Gasteiger charge is 2.56. The summed E-state index contributed by atoms with van der Waals surface area (Å²) in [6.07, 6.45) is 13.5. The minimum atomic E-state index is -0.962. The average molecular weight is 463 g/mol. The number of rotatable bonds is 11. The lowest BCUT2D eigenvalue weighted by Gasteiger charge is -2.33. The number of allylic oxidation sites excluding steroid dienone is 5. The molecule has 0 aromatic carbocycles. The van der Waals surface area contributed by atoms with Crippen LogP contribution in [0.5, 0.6) is 0 Å². The molecule has 1 heterocycles. The van der Waals surface area contributed by atoms with Crippen molar-refractivity contribution in [1.82, 2.24) is 10.2 Å². The van der Waals surface area contributed by atoms with E-state index in [0.29, 0.717) is 19.3 Å². The van der Waals surface area contributed by atoms with Crippen LogP contribution in [0.4, 0.5) is 0 Å². The van der Waals surface area contributed by atoms with Gasteiger partial charge in [-0.15, -0.1) is 0 Å². The smallest absolute Gasteiger partial charge is 0.326 e.